The monoisotopic (exact) mass is 267 g/mol. The lowest BCUT2D eigenvalue weighted by atomic mass is 9.98. The quantitative estimate of drug-likeness (QED) is 0.766. The Morgan fingerprint density at radius 3 is 2.68 bits per heavy atom. The van der Waals surface area contributed by atoms with E-state index in [1.807, 2.05) is 25.7 Å². The first-order valence-electron chi connectivity index (χ1n) is 7.19. The maximum Gasteiger partial charge on any atom is 0.225 e. The Morgan fingerprint density at radius 1 is 1.42 bits per heavy atom. The second-order valence-electron chi connectivity index (χ2n) is 6.63. The molecule has 2 aliphatic heterocycles. The summed E-state index contributed by atoms with van der Waals surface area (Å²) in [4.78, 5) is 25.9. The minimum absolute atomic E-state index is 0.0267. The average Bonchev–Trinajstić information content (AvgIpc) is 2.71. The smallest absolute Gasteiger partial charge is 0.225 e. The molecule has 0 aromatic rings. The molecule has 2 heterocycles. The Bertz CT molecular complexity index is 356. The fourth-order valence-electron chi connectivity index (χ4n) is 2.85. The molecule has 2 rings (SSSR count). The van der Waals surface area contributed by atoms with Crippen molar-refractivity contribution >= 4 is 11.8 Å². The summed E-state index contributed by atoms with van der Waals surface area (Å²) in [5, 5.41) is 6.28. The van der Waals surface area contributed by atoms with Crippen molar-refractivity contribution < 1.29 is 9.59 Å². The van der Waals surface area contributed by atoms with Crippen LogP contribution in [-0.4, -0.2) is 47.9 Å². The van der Waals surface area contributed by atoms with E-state index in [2.05, 4.69) is 10.6 Å². The molecule has 2 fully saturated rings. The van der Waals surface area contributed by atoms with Crippen molar-refractivity contribution in [3.8, 4) is 0 Å². The molecule has 0 spiro atoms. The topological polar surface area (TPSA) is 61.4 Å². The van der Waals surface area contributed by atoms with Gasteiger partial charge in [-0.25, -0.2) is 0 Å². The van der Waals surface area contributed by atoms with Gasteiger partial charge in [-0.05, 0) is 40.2 Å². The highest BCUT2D eigenvalue weighted by atomic mass is 16.2. The Balaban J connectivity index is 1.87. The van der Waals surface area contributed by atoms with Crippen molar-refractivity contribution in [1.29, 1.82) is 0 Å². The van der Waals surface area contributed by atoms with E-state index in [1.165, 1.54) is 0 Å². The number of rotatable bonds is 2. The van der Waals surface area contributed by atoms with Crippen LogP contribution in [0.25, 0.3) is 0 Å². The molecule has 0 aromatic heterocycles. The van der Waals surface area contributed by atoms with E-state index in [0.717, 1.165) is 25.9 Å². The Kier molecular flexibility index (Phi) is 4.13. The van der Waals surface area contributed by atoms with Gasteiger partial charge in [-0.1, -0.05) is 0 Å². The van der Waals surface area contributed by atoms with Gasteiger partial charge >= 0.3 is 0 Å². The molecule has 0 saturated carbocycles. The molecule has 2 atom stereocenters. The third-order valence-electron chi connectivity index (χ3n) is 3.95. The third-order valence-corrected chi connectivity index (χ3v) is 3.95. The number of nitrogens with one attached hydrogen (secondary N) is 2. The zero-order valence-corrected chi connectivity index (χ0v) is 12.2. The van der Waals surface area contributed by atoms with Gasteiger partial charge in [0.1, 0.15) is 0 Å². The lowest BCUT2D eigenvalue weighted by Gasteiger charge is -2.32. The molecule has 2 amide bonds. The molecule has 0 radical (unpaired) electrons. The van der Waals surface area contributed by atoms with Gasteiger partial charge in [0.15, 0.2) is 0 Å². The highest BCUT2D eigenvalue weighted by molar-refractivity contribution is 5.83. The fraction of sp³-hybridized carbons (Fsp3) is 0.857. The SMILES string of the molecule is CC(C)(C)N1CC(NC(=O)C2CCCNC2)CC1=O. The van der Waals surface area contributed by atoms with Crippen LogP contribution in [0.4, 0.5) is 0 Å². The van der Waals surface area contributed by atoms with E-state index in [9.17, 15) is 9.59 Å². The van der Waals surface area contributed by atoms with Crippen LogP contribution in [0.1, 0.15) is 40.0 Å². The van der Waals surface area contributed by atoms with Gasteiger partial charge in [0.2, 0.25) is 11.8 Å². The number of hydrogen-bond acceptors (Lipinski definition) is 3. The third kappa shape index (κ3) is 3.47. The first-order chi connectivity index (χ1) is 8.88. The van der Waals surface area contributed by atoms with Gasteiger partial charge in [-0.3, -0.25) is 9.59 Å². The van der Waals surface area contributed by atoms with E-state index in [4.69, 9.17) is 0 Å². The highest BCUT2D eigenvalue weighted by Crippen LogP contribution is 2.22. The van der Waals surface area contributed by atoms with Crippen LogP contribution in [0.5, 0.6) is 0 Å². The van der Waals surface area contributed by atoms with Crippen LogP contribution < -0.4 is 10.6 Å². The van der Waals surface area contributed by atoms with Crippen molar-refractivity contribution in [3.05, 3.63) is 0 Å². The van der Waals surface area contributed by atoms with Gasteiger partial charge in [-0.15, -0.1) is 0 Å². The van der Waals surface area contributed by atoms with E-state index in [1.54, 1.807) is 0 Å². The molecule has 5 nitrogen and oxygen atoms in total. The second-order valence-corrected chi connectivity index (χ2v) is 6.63. The van der Waals surface area contributed by atoms with E-state index in [-0.39, 0.29) is 29.3 Å². The first kappa shape index (κ1) is 14.3. The number of piperidine rings is 1. The summed E-state index contributed by atoms with van der Waals surface area (Å²) in [6, 6.07) is -0.0267. The molecule has 0 bridgehead atoms. The number of likely N-dealkylation sites (tertiary alicyclic amines) is 1. The number of hydrogen-bond donors (Lipinski definition) is 2. The van der Waals surface area contributed by atoms with Crippen LogP contribution in [0.15, 0.2) is 0 Å². The number of amides is 2. The Hall–Kier alpha value is -1.10. The molecular weight excluding hydrogens is 242 g/mol. The molecule has 2 aliphatic rings. The molecule has 5 heteroatoms. The van der Waals surface area contributed by atoms with E-state index < -0.39 is 0 Å². The Morgan fingerprint density at radius 2 is 2.16 bits per heavy atom. The van der Waals surface area contributed by atoms with Crippen LogP contribution in [-0.2, 0) is 9.59 Å². The summed E-state index contributed by atoms with van der Waals surface area (Å²) >= 11 is 0. The second kappa shape index (κ2) is 5.49. The van der Waals surface area contributed by atoms with Crippen LogP contribution >= 0.6 is 0 Å². The lowest BCUT2D eigenvalue weighted by molar-refractivity contribution is -0.131. The minimum atomic E-state index is -0.164. The fourth-order valence-corrected chi connectivity index (χ4v) is 2.85. The van der Waals surface area contributed by atoms with Crippen molar-refractivity contribution in [3.63, 3.8) is 0 Å². The van der Waals surface area contributed by atoms with Crippen molar-refractivity contribution in [2.75, 3.05) is 19.6 Å². The molecule has 19 heavy (non-hydrogen) atoms. The standard InChI is InChI=1S/C14H25N3O2/c1-14(2,3)17-9-11(7-12(17)18)16-13(19)10-5-4-6-15-8-10/h10-11,15H,4-9H2,1-3H3,(H,16,19). The molecule has 0 aromatic carbocycles. The zero-order chi connectivity index (χ0) is 14.0. The lowest BCUT2D eigenvalue weighted by Crippen LogP contribution is -2.47. The van der Waals surface area contributed by atoms with Crippen LogP contribution in [0, 0.1) is 5.92 Å². The van der Waals surface area contributed by atoms with Crippen LogP contribution in [0.3, 0.4) is 0 Å². The maximum absolute atomic E-state index is 12.1. The van der Waals surface area contributed by atoms with Crippen molar-refractivity contribution in [2.45, 2.75) is 51.6 Å². The molecule has 108 valence electrons. The summed E-state index contributed by atoms with van der Waals surface area (Å²) in [5.74, 6) is 0.299. The summed E-state index contributed by atoms with van der Waals surface area (Å²) in [7, 11) is 0. The predicted molar refractivity (Wildman–Crippen MR) is 73.6 cm³/mol. The van der Waals surface area contributed by atoms with Gasteiger partial charge in [0.25, 0.3) is 0 Å². The number of carbonyl (C=O) groups excluding carboxylic acids is 2. The number of nitrogens with zero attached hydrogens (tertiary/aromatic N) is 1. The molecule has 2 unspecified atom stereocenters. The van der Waals surface area contributed by atoms with Gasteiger partial charge in [0.05, 0.1) is 12.0 Å². The largest absolute Gasteiger partial charge is 0.351 e. The van der Waals surface area contributed by atoms with Gasteiger partial charge in [0, 0.05) is 25.0 Å². The van der Waals surface area contributed by atoms with Crippen LogP contribution in [0.2, 0.25) is 0 Å². The minimum Gasteiger partial charge on any atom is -0.351 e. The Labute approximate surface area is 115 Å². The van der Waals surface area contributed by atoms with Gasteiger partial charge < -0.3 is 15.5 Å². The molecular formula is C14H25N3O2. The normalized spacial score (nSPS) is 28.6. The summed E-state index contributed by atoms with van der Waals surface area (Å²) in [5.41, 5.74) is -0.164. The highest BCUT2D eigenvalue weighted by Gasteiger charge is 2.37. The maximum atomic E-state index is 12.1. The van der Waals surface area contributed by atoms with Gasteiger partial charge in [-0.2, -0.15) is 0 Å². The molecule has 2 N–H and O–H groups in total. The van der Waals surface area contributed by atoms with E-state index in [0.29, 0.717) is 13.0 Å². The summed E-state index contributed by atoms with van der Waals surface area (Å²) in [6.45, 7) is 8.48. The first-order valence-corrected chi connectivity index (χ1v) is 7.19. The number of carbonyl (C=O) groups is 2. The average molecular weight is 267 g/mol. The predicted octanol–water partition coefficient (Wildman–Crippen LogP) is 0.502. The molecule has 2 saturated heterocycles. The summed E-state index contributed by atoms with van der Waals surface area (Å²) < 4.78 is 0. The summed E-state index contributed by atoms with van der Waals surface area (Å²) in [6.07, 6.45) is 2.43. The molecule has 0 aliphatic carbocycles. The van der Waals surface area contributed by atoms with Crippen molar-refractivity contribution in [2.24, 2.45) is 5.92 Å². The zero-order valence-electron chi connectivity index (χ0n) is 12.2. The van der Waals surface area contributed by atoms with Crippen molar-refractivity contribution in [1.82, 2.24) is 15.5 Å². The van der Waals surface area contributed by atoms with E-state index >= 15 is 0 Å².